The van der Waals surface area contributed by atoms with Gasteiger partial charge in [-0.15, -0.1) is 0 Å². The summed E-state index contributed by atoms with van der Waals surface area (Å²) in [6.07, 6.45) is 1.13. The van der Waals surface area contributed by atoms with Crippen LogP contribution in [0.4, 0.5) is 0 Å². The Labute approximate surface area is 180 Å². The number of morpholine rings is 1. The molecule has 2 aliphatic rings. The lowest BCUT2D eigenvalue weighted by atomic mass is 10.1. The van der Waals surface area contributed by atoms with E-state index in [1.807, 2.05) is 13.0 Å². The van der Waals surface area contributed by atoms with Crippen molar-refractivity contribution < 1.29 is 18.6 Å². The van der Waals surface area contributed by atoms with Crippen LogP contribution in [0.15, 0.2) is 21.5 Å². The van der Waals surface area contributed by atoms with Gasteiger partial charge in [-0.1, -0.05) is 0 Å². The summed E-state index contributed by atoms with van der Waals surface area (Å²) in [6.45, 7) is 13.0. The van der Waals surface area contributed by atoms with Crippen LogP contribution < -0.4 is 5.32 Å². The Morgan fingerprint density at radius 1 is 1.27 bits per heavy atom. The van der Waals surface area contributed by atoms with Crippen molar-refractivity contribution in [3.8, 4) is 0 Å². The molecule has 8 nitrogen and oxygen atoms in total. The molecular weight excluding hydrogens is 384 g/mol. The van der Waals surface area contributed by atoms with Crippen LogP contribution in [0.3, 0.4) is 0 Å². The molecule has 2 atom stereocenters. The van der Waals surface area contributed by atoms with Crippen molar-refractivity contribution in [1.82, 2.24) is 15.1 Å². The molecule has 2 aliphatic heterocycles. The van der Waals surface area contributed by atoms with Crippen LogP contribution >= 0.6 is 0 Å². The molecule has 8 heteroatoms. The van der Waals surface area contributed by atoms with E-state index in [0.29, 0.717) is 25.7 Å². The van der Waals surface area contributed by atoms with E-state index >= 15 is 0 Å². The average Bonchev–Trinajstić information content (AvgIpc) is 3.41. The third-order valence-corrected chi connectivity index (χ3v) is 5.70. The number of aryl methyl sites for hydroxylation is 1. The highest BCUT2D eigenvalue weighted by molar-refractivity contribution is 5.80. The topological polar surface area (TPSA) is 71.7 Å². The summed E-state index contributed by atoms with van der Waals surface area (Å²) in [6, 6.07) is 4.25. The minimum Gasteiger partial charge on any atom is -0.465 e. The van der Waals surface area contributed by atoms with E-state index in [4.69, 9.17) is 23.6 Å². The summed E-state index contributed by atoms with van der Waals surface area (Å²) >= 11 is 0. The second-order valence-corrected chi connectivity index (χ2v) is 7.98. The molecule has 1 aromatic rings. The maximum absolute atomic E-state index is 5.99. The summed E-state index contributed by atoms with van der Waals surface area (Å²) in [5, 5.41) is 3.48. The zero-order chi connectivity index (χ0) is 21.2. The van der Waals surface area contributed by atoms with Crippen molar-refractivity contribution >= 4 is 5.96 Å². The third kappa shape index (κ3) is 6.70. The average molecular weight is 423 g/mol. The van der Waals surface area contributed by atoms with Gasteiger partial charge in [0, 0.05) is 45.8 Å². The number of nitrogens with one attached hydrogen (secondary N) is 1. The number of likely N-dealkylation sites (tertiary alicyclic amines) is 1. The molecular formula is C22H38N4O4. The monoisotopic (exact) mass is 422 g/mol. The number of furan rings is 1. The van der Waals surface area contributed by atoms with Gasteiger partial charge in [0.2, 0.25) is 0 Å². The van der Waals surface area contributed by atoms with Crippen LogP contribution in [0.1, 0.15) is 30.9 Å². The fraction of sp³-hybridized carbons (Fsp3) is 0.773. The highest BCUT2D eigenvalue weighted by atomic mass is 16.5. The Morgan fingerprint density at radius 2 is 2.10 bits per heavy atom. The zero-order valence-electron chi connectivity index (χ0n) is 18.8. The molecule has 0 aliphatic carbocycles. The molecule has 0 amide bonds. The van der Waals surface area contributed by atoms with Gasteiger partial charge < -0.3 is 28.8 Å². The standard InChI is InChI=1S/C22H38N4O4/c1-4-23-22(26-8-7-19(16-26)17-29-14-13-27-3)24-15-20(21-6-5-18(2)30-21)25-9-11-28-12-10-25/h5-6,19-20H,4,7-17H2,1-3H3,(H,23,24). The normalized spacial score (nSPS) is 21.9. The van der Waals surface area contributed by atoms with Gasteiger partial charge >= 0.3 is 0 Å². The van der Waals surface area contributed by atoms with Crippen molar-refractivity contribution in [3.05, 3.63) is 23.7 Å². The Kier molecular flexibility index (Phi) is 9.45. The SMILES string of the molecule is CCNC(=NCC(c1ccc(C)o1)N1CCOCC1)N1CCC(COCCOC)C1. The van der Waals surface area contributed by atoms with E-state index in [0.717, 1.165) is 76.4 Å². The van der Waals surface area contributed by atoms with Gasteiger partial charge in [-0.2, -0.15) is 0 Å². The molecule has 0 aromatic carbocycles. The number of hydrogen-bond acceptors (Lipinski definition) is 6. The van der Waals surface area contributed by atoms with Crippen molar-refractivity contribution in [2.24, 2.45) is 10.9 Å². The molecule has 0 spiro atoms. The van der Waals surface area contributed by atoms with Crippen LogP contribution in [-0.2, 0) is 14.2 Å². The highest BCUT2D eigenvalue weighted by Crippen LogP contribution is 2.25. The second-order valence-electron chi connectivity index (χ2n) is 7.98. The number of methoxy groups -OCH3 is 1. The van der Waals surface area contributed by atoms with Gasteiger partial charge in [-0.05, 0) is 32.4 Å². The van der Waals surface area contributed by atoms with Crippen LogP contribution in [0.2, 0.25) is 0 Å². The molecule has 30 heavy (non-hydrogen) atoms. The Hall–Kier alpha value is -1.61. The first kappa shape index (κ1) is 23.1. The van der Waals surface area contributed by atoms with Gasteiger partial charge in [-0.25, -0.2) is 0 Å². The molecule has 0 radical (unpaired) electrons. The lowest BCUT2D eigenvalue weighted by Crippen LogP contribution is -2.42. The molecule has 170 valence electrons. The minimum atomic E-state index is 0.132. The first-order chi connectivity index (χ1) is 14.7. The quantitative estimate of drug-likeness (QED) is 0.351. The van der Waals surface area contributed by atoms with E-state index < -0.39 is 0 Å². The summed E-state index contributed by atoms with van der Waals surface area (Å²) in [4.78, 5) is 9.81. The van der Waals surface area contributed by atoms with Gasteiger partial charge in [0.1, 0.15) is 11.5 Å². The molecule has 2 unspecified atom stereocenters. The second kappa shape index (κ2) is 12.3. The third-order valence-electron chi connectivity index (χ3n) is 5.70. The maximum atomic E-state index is 5.99. The van der Waals surface area contributed by atoms with Crippen molar-refractivity contribution in [1.29, 1.82) is 0 Å². The molecule has 1 N–H and O–H groups in total. The van der Waals surface area contributed by atoms with E-state index in [-0.39, 0.29) is 6.04 Å². The lowest BCUT2D eigenvalue weighted by molar-refractivity contribution is 0.0135. The molecule has 3 heterocycles. The molecule has 0 bridgehead atoms. The Bertz CT molecular complexity index is 645. The predicted octanol–water partition coefficient (Wildman–Crippen LogP) is 1.91. The highest BCUT2D eigenvalue weighted by Gasteiger charge is 2.28. The summed E-state index contributed by atoms with van der Waals surface area (Å²) in [5.74, 6) is 3.45. The molecule has 2 saturated heterocycles. The molecule has 3 rings (SSSR count). The van der Waals surface area contributed by atoms with Gasteiger partial charge in [0.05, 0.1) is 45.6 Å². The van der Waals surface area contributed by atoms with Gasteiger partial charge in [0.25, 0.3) is 0 Å². The fourth-order valence-corrected chi connectivity index (χ4v) is 4.06. The van der Waals surface area contributed by atoms with Crippen LogP contribution in [0, 0.1) is 12.8 Å². The number of aliphatic imine (C=N–C) groups is 1. The van der Waals surface area contributed by atoms with E-state index in [2.05, 4.69) is 28.1 Å². The van der Waals surface area contributed by atoms with Crippen LogP contribution in [0.25, 0.3) is 0 Å². The number of ether oxygens (including phenoxy) is 3. The molecule has 2 fully saturated rings. The maximum Gasteiger partial charge on any atom is 0.193 e. The smallest absolute Gasteiger partial charge is 0.193 e. The van der Waals surface area contributed by atoms with E-state index in [9.17, 15) is 0 Å². The number of hydrogen-bond donors (Lipinski definition) is 1. The number of guanidine groups is 1. The number of rotatable bonds is 10. The number of nitrogens with zero attached hydrogens (tertiary/aromatic N) is 3. The summed E-state index contributed by atoms with van der Waals surface area (Å²) in [5.41, 5.74) is 0. The summed E-state index contributed by atoms with van der Waals surface area (Å²) < 4.78 is 22.3. The Balaban J connectivity index is 1.62. The molecule has 0 saturated carbocycles. The van der Waals surface area contributed by atoms with Crippen molar-refractivity contribution in [2.75, 3.05) is 79.4 Å². The molecule has 1 aromatic heterocycles. The van der Waals surface area contributed by atoms with Crippen molar-refractivity contribution in [2.45, 2.75) is 26.3 Å². The van der Waals surface area contributed by atoms with E-state index in [1.54, 1.807) is 7.11 Å². The van der Waals surface area contributed by atoms with Crippen LogP contribution in [0.5, 0.6) is 0 Å². The first-order valence-electron chi connectivity index (χ1n) is 11.2. The predicted molar refractivity (Wildman–Crippen MR) is 117 cm³/mol. The van der Waals surface area contributed by atoms with E-state index in [1.165, 1.54) is 0 Å². The fourth-order valence-electron chi connectivity index (χ4n) is 4.06. The lowest BCUT2D eigenvalue weighted by Gasteiger charge is -2.33. The van der Waals surface area contributed by atoms with Crippen LogP contribution in [-0.4, -0.2) is 95.2 Å². The van der Waals surface area contributed by atoms with Gasteiger partial charge in [0.15, 0.2) is 5.96 Å². The Morgan fingerprint density at radius 3 is 2.80 bits per heavy atom. The van der Waals surface area contributed by atoms with Crippen molar-refractivity contribution in [3.63, 3.8) is 0 Å². The van der Waals surface area contributed by atoms with Gasteiger partial charge in [-0.3, -0.25) is 9.89 Å². The summed E-state index contributed by atoms with van der Waals surface area (Å²) in [7, 11) is 1.70. The minimum absolute atomic E-state index is 0.132. The largest absolute Gasteiger partial charge is 0.465 e. The first-order valence-corrected chi connectivity index (χ1v) is 11.2. The zero-order valence-corrected chi connectivity index (χ0v) is 18.8.